The molecule has 0 atom stereocenters. The van der Waals surface area contributed by atoms with E-state index in [-0.39, 0.29) is 0 Å². The van der Waals surface area contributed by atoms with Crippen molar-refractivity contribution < 1.29 is 0 Å². The second-order valence-electron chi connectivity index (χ2n) is 4.19. The molecule has 0 aliphatic carbocycles. The van der Waals surface area contributed by atoms with Gasteiger partial charge in [-0.1, -0.05) is 13.3 Å². The van der Waals surface area contributed by atoms with Crippen LogP contribution in [-0.4, -0.2) is 14.5 Å². The zero-order valence-electron chi connectivity index (χ0n) is 10.3. The first-order valence-corrected chi connectivity index (χ1v) is 6.64. The third-order valence-electron chi connectivity index (χ3n) is 2.83. The van der Waals surface area contributed by atoms with Gasteiger partial charge < -0.3 is 9.55 Å². The molecule has 2 aromatic heterocycles. The number of halogens is 1. The molecule has 0 saturated carbocycles. The third kappa shape index (κ3) is 2.25. The molecule has 0 fully saturated rings. The lowest BCUT2D eigenvalue weighted by atomic mass is 10.3. The van der Waals surface area contributed by atoms with Crippen LogP contribution in [0.15, 0.2) is 20.1 Å². The SMILES string of the molecule is CCCCn1c(=O)c(=O)[nH]c2nc(C)c(Br)cc21. The molecule has 2 heterocycles. The van der Waals surface area contributed by atoms with Crippen LogP contribution in [0.2, 0.25) is 0 Å². The number of aromatic nitrogens is 3. The van der Waals surface area contributed by atoms with E-state index in [2.05, 4.69) is 25.9 Å². The second-order valence-corrected chi connectivity index (χ2v) is 5.04. The van der Waals surface area contributed by atoms with Gasteiger partial charge in [0.1, 0.15) is 0 Å². The number of rotatable bonds is 3. The Kier molecular flexibility index (Phi) is 3.65. The maximum absolute atomic E-state index is 11.9. The number of H-pyrrole nitrogens is 1. The van der Waals surface area contributed by atoms with Gasteiger partial charge in [0.05, 0.1) is 11.2 Å². The Hall–Kier alpha value is -1.43. The Morgan fingerprint density at radius 1 is 1.44 bits per heavy atom. The van der Waals surface area contributed by atoms with Crippen molar-refractivity contribution in [2.45, 2.75) is 33.2 Å². The fourth-order valence-electron chi connectivity index (χ4n) is 1.80. The summed E-state index contributed by atoms with van der Waals surface area (Å²) in [6.45, 7) is 4.41. The van der Waals surface area contributed by atoms with Gasteiger partial charge in [0.2, 0.25) is 0 Å². The topological polar surface area (TPSA) is 67.8 Å². The number of fused-ring (bicyclic) bond motifs is 1. The average Bonchev–Trinajstić information content (AvgIpc) is 2.33. The predicted molar refractivity (Wildman–Crippen MR) is 74.0 cm³/mol. The number of aryl methyl sites for hydroxylation is 2. The highest BCUT2D eigenvalue weighted by molar-refractivity contribution is 9.10. The lowest BCUT2D eigenvalue weighted by Crippen LogP contribution is -2.36. The van der Waals surface area contributed by atoms with E-state index in [1.54, 1.807) is 0 Å². The monoisotopic (exact) mass is 311 g/mol. The van der Waals surface area contributed by atoms with E-state index >= 15 is 0 Å². The minimum absolute atomic E-state index is 0.455. The summed E-state index contributed by atoms with van der Waals surface area (Å²) in [6, 6.07) is 1.82. The molecule has 0 aliphatic rings. The first-order chi connectivity index (χ1) is 8.54. The molecule has 1 N–H and O–H groups in total. The first kappa shape index (κ1) is 13.0. The number of nitrogens with one attached hydrogen (secondary N) is 1. The van der Waals surface area contributed by atoms with E-state index in [1.807, 2.05) is 19.9 Å². The molecule has 96 valence electrons. The van der Waals surface area contributed by atoms with Crippen molar-refractivity contribution in [1.29, 1.82) is 0 Å². The van der Waals surface area contributed by atoms with Gasteiger partial charge in [0.25, 0.3) is 0 Å². The van der Waals surface area contributed by atoms with Crippen LogP contribution in [0.3, 0.4) is 0 Å². The van der Waals surface area contributed by atoms with E-state index in [0.29, 0.717) is 17.7 Å². The molecule has 0 radical (unpaired) electrons. The summed E-state index contributed by atoms with van der Waals surface area (Å²) >= 11 is 3.39. The fraction of sp³-hybridized carbons (Fsp3) is 0.417. The molecular weight excluding hydrogens is 298 g/mol. The van der Waals surface area contributed by atoms with Gasteiger partial charge >= 0.3 is 11.1 Å². The predicted octanol–water partition coefficient (Wildman–Crippen LogP) is 1.96. The summed E-state index contributed by atoms with van der Waals surface area (Å²) in [5, 5.41) is 0. The molecule has 0 saturated heterocycles. The van der Waals surface area contributed by atoms with E-state index < -0.39 is 11.1 Å². The number of nitrogens with zero attached hydrogens (tertiary/aromatic N) is 2. The highest BCUT2D eigenvalue weighted by Gasteiger charge is 2.10. The van der Waals surface area contributed by atoms with Crippen molar-refractivity contribution >= 4 is 27.1 Å². The Balaban J connectivity index is 2.79. The number of pyridine rings is 1. The van der Waals surface area contributed by atoms with Crippen molar-refractivity contribution in [1.82, 2.24) is 14.5 Å². The Morgan fingerprint density at radius 2 is 2.17 bits per heavy atom. The molecule has 5 nitrogen and oxygen atoms in total. The highest BCUT2D eigenvalue weighted by atomic mass is 79.9. The van der Waals surface area contributed by atoms with Gasteiger partial charge in [-0.25, -0.2) is 4.98 Å². The zero-order valence-corrected chi connectivity index (χ0v) is 11.9. The lowest BCUT2D eigenvalue weighted by molar-refractivity contribution is 0.624. The Labute approximate surface area is 112 Å². The van der Waals surface area contributed by atoms with Crippen LogP contribution in [0.25, 0.3) is 11.2 Å². The maximum atomic E-state index is 11.9. The van der Waals surface area contributed by atoms with E-state index in [0.717, 1.165) is 23.0 Å². The summed E-state index contributed by atoms with van der Waals surface area (Å²) in [5.74, 6) is 0. The van der Waals surface area contributed by atoms with Crippen molar-refractivity contribution in [3.8, 4) is 0 Å². The Bertz CT molecular complexity index is 703. The summed E-state index contributed by atoms with van der Waals surface area (Å²) in [5.41, 5.74) is 0.752. The quantitative estimate of drug-likeness (QED) is 0.881. The van der Waals surface area contributed by atoms with Gasteiger partial charge in [-0.2, -0.15) is 0 Å². The maximum Gasteiger partial charge on any atom is 0.316 e. The molecule has 2 rings (SSSR count). The summed E-state index contributed by atoms with van der Waals surface area (Å²) in [7, 11) is 0. The minimum atomic E-state index is -0.618. The van der Waals surface area contributed by atoms with Crippen LogP contribution >= 0.6 is 15.9 Å². The van der Waals surface area contributed by atoms with E-state index in [1.165, 1.54) is 4.57 Å². The van der Waals surface area contributed by atoms with E-state index in [4.69, 9.17) is 0 Å². The summed E-state index contributed by atoms with van der Waals surface area (Å²) in [4.78, 5) is 30.2. The molecule has 0 amide bonds. The molecule has 0 bridgehead atoms. The first-order valence-electron chi connectivity index (χ1n) is 5.84. The van der Waals surface area contributed by atoms with Crippen LogP contribution < -0.4 is 11.1 Å². The van der Waals surface area contributed by atoms with Crippen molar-refractivity contribution in [2.75, 3.05) is 0 Å². The van der Waals surface area contributed by atoms with Crippen molar-refractivity contribution in [3.63, 3.8) is 0 Å². The number of unbranched alkanes of at least 4 members (excludes halogenated alkanes) is 1. The van der Waals surface area contributed by atoms with Crippen molar-refractivity contribution in [3.05, 3.63) is 36.9 Å². The molecule has 0 aliphatic heterocycles. The molecule has 2 aromatic rings. The van der Waals surface area contributed by atoms with Gasteiger partial charge in [0, 0.05) is 11.0 Å². The van der Waals surface area contributed by atoms with Gasteiger partial charge in [-0.15, -0.1) is 0 Å². The summed E-state index contributed by atoms with van der Waals surface area (Å²) < 4.78 is 2.32. The number of hydrogen-bond donors (Lipinski definition) is 1. The molecule has 18 heavy (non-hydrogen) atoms. The van der Waals surface area contributed by atoms with Crippen molar-refractivity contribution in [2.24, 2.45) is 0 Å². The van der Waals surface area contributed by atoms with Crippen LogP contribution in [-0.2, 0) is 6.54 Å². The standard InChI is InChI=1S/C12H14BrN3O2/c1-3-4-5-16-9-6-8(13)7(2)14-10(9)15-11(17)12(16)18/h6H,3-5H2,1-2H3,(H,14,15,17). The lowest BCUT2D eigenvalue weighted by Gasteiger charge is -2.09. The molecule has 0 aromatic carbocycles. The van der Waals surface area contributed by atoms with Gasteiger partial charge in [0.15, 0.2) is 5.65 Å². The Morgan fingerprint density at radius 3 is 2.83 bits per heavy atom. The highest BCUT2D eigenvalue weighted by Crippen LogP contribution is 2.18. The van der Waals surface area contributed by atoms with Crippen LogP contribution in [0, 0.1) is 6.92 Å². The molecular formula is C12H14BrN3O2. The minimum Gasteiger partial charge on any atom is -0.301 e. The number of hydrogen-bond acceptors (Lipinski definition) is 3. The normalized spacial score (nSPS) is 11.1. The smallest absolute Gasteiger partial charge is 0.301 e. The number of aromatic amines is 1. The van der Waals surface area contributed by atoms with Gasteiger partial charge in [-0.05, 0) is 35.3 Å². The average molecular weight is 312 g/mol. The van der Waals surface area contributed by atoms with E-state index in [9.17, 15) is 9.59 Å². The van der Waals surface area contributed by atoms with Crippen LogP contribution in [0.1, 0.15) is 25.5 Å². The molecule has 0 spiro atoms. The van der Waals surface area contributed by atoms with Gasteiger partial charge in [-0.3, -0.25) is 9.59 Å². The summed E-state index contributed by atoms with van der Waals surface area (Å²) in [6.07, 6.45) is 1.81. The third-order valence-corrected chi connectivity index (χ3v) is 3.63. The fourth-order valence-corrected chi connectivity index (χ4v) is 2.11. The largest absolute Gasteiger partial charge is 0.316 e. The van der Waals surface area contributed by atoms with Crippen LogP contribution in [0.4, 0.5) is 0 Å². The zero-order chi connectivity index (χ0) is 13.3. The molecule has 0 unspecified atom stereocenters. The second kappa shape index (κ2) is 5.06. The van der Waals surface area contributed by atoms with Crippen LogP contribution in [0.5, 0.6) is 0 Å². The molecule has 6 heteroatoms.